The third-order valence-electron chi connectivity index (χ3n) is 2.82. The lowest BCUT2D eigenvalue weighted by Crippen LogP contribution is -2.15. The quantitative estimate of drug-likeness (QED) is 0.816. The number of hydrogen-bond donors (Lipinski definition) is 1. The summed E-state index contributed by atoms with van der Waals surface area (Å²) in [7, 11) is 1.53. The molecule has 1 aromatic rings. The zero-order chi connectivity index (χ0) is 13.1. The van der Waals surface area contributed by atoms with Crippen LogP contribution in [0, 0.1) is 0 Å². The van der Waals surface area contributed by atoms with E-state index in [4.69, 9.17) is 14.2 Å². The number of esters is 1. The topological polar surface area (TPSA) is 65.0 Å². The minimum atomic E-state index is -1.29. The van der Waals surface area contributed by atoms with Crippen LogP contribution in [0.15, 0.2) is 12.1 Å². The monoisotopic (exact) mass is 252 g/mol. The summed E-state index contributed by atoms with van der Waals surface area (Å²) >= 11 is 0. The van der Waals surface area contributed by atoms with E-state index in [0.717, 1.165) is 12.0 Å². The van der Waals surface area contributed by atoms with Crippen LogP contribution in [0.5, 0.6) is 11.5 Å². The Kier molecular flexibility index (Phi) is 3.72. The zero-order valence-corrected chi connectivity index (χ0v) is 10.4. The van der Waals surface area contributed by atoms with E-state index < -0.39 is 12.1 Å². The number of carbonyl (C=O) groups is 1. The molecule has 1 aromatic carbocycles. The molecule has 1 atom stereocenters. The lowest BCUT2D eigenvalue weighted by molar-refractivity contribution is -0.153. The number of rotatable bonds is 4. The molecule has 1 unspecified atom stereocenters. The second-order valence-electron chi connectivity index (χ2n) is 3.96. The highest BCUT2D eigenvalue weighted by atomic mass is 16.5. The molecule has 1 aliphatic heterocycles. The summed E-state index contributed by atoms with van der Waals surface area (Å²) in [6.45, 7) is 2.52. The molecule has 1 heterocycles. The molecule has 2 rings (SSSR count). The van der Waals surface area contributed by atoms with Crippen molar-refractivity contribution in [2.45, 2.75) is 19.4 Å². The SMILES string of the molecule is CCOC(=O)C(O)c1cc2c(c(OC)c1)OCC2. The molecule has 5 heteroatoms. The molecule has 0 bridgehead atoms. The molecular formula is C13H16O5. The van der Waals surface area contributed by atoms with Crippen molar-refractivity contribution in [2.24, 2.45) is 0 Å². The molecule has 1 aliphatic rings. The Bertz CT molecular complexity index is 455. The molecule has 0 fully saturated rings. The predicted molar refractivity (Wildman–Crippen MR) is 63.8 cm³/mol. The fraction of sp³-hybridized carbons (Fsp3) is 0.462. The van der Waals surface area contributed by atoms with Gasteiger partial charge in [-0.2, -0.15) is 0 Å². The molecule has 0 aliphatic carbocycles. The lowest BCUT2D eigenvalue weighted by atomic mass is 10.0. The summed E-state index contributed by atoms with van der Waals surface area (Å²) in [6.07, 6.45) is -0.542. The fourth-order valence-corrected chi connectivity index (χ4v) is 1.96. The van der Waals surface area contributed by atoms with Gasteiger partial charge in [-0.1, -0.05) is 0 Å². The number of fused-ring (bicyclic) bond motifs is 1. The normalized spacial score (nSPS) is 14.6. The summed E-state index contributed by atoms with van der Waals surface area (Å²) < 4.78 is 15.4. The first-order valence-electron chi connectivity index (χ1n) is 5.85. The van der Waals surface area contributed by atoms with Crippen LogP contribution in [-0.4, -0.2) is 31.4 Å². The fourth-order valence-electron chi connectivity index (χ4n) is 1.96. The van der Waals surface area contributed by atoms with E-state index in [9.17, 15) is 9.90 Å². The van der Waals surface area contributed by atoms with Gasteiger partial charge >= 0.3 is 5.97 Å². The number of ether oxygens (including phenoxy) is 3. The van der Waals surface area contributed by atoms with Crippen LogP contribution in [-0.2, 0) is 16.0 Å². The zero-order valence-electron chi connectivity index (χ0n) is 10.4. The van der Waals surface area contributed by atoms with Crippen LogP contribution < -0.4 is 9.47 Å². The number of carbonyl (C=O) groups excluding carboxylic acids is 1. The van der Waals surface area contributed by atoms with Gasteiger partial charge in [0.1, 0.15) is 0 Å². The highest BCUT2D eigenvalue weighted by Crippen LogP contribution is 2.38. The molecule has 0 radical (unpaired) electrons. The largest absolute Gasteiger partial charge is 0.493 e. The molecule has 0 saturated carbocycles. The minimum absolute atomic E-state index is 0.237. The van der Waals surface area contributed by atoms with Gasteiger partial charge < -0.3 is 19.3 Å². The number of aliphatic hydroxyl groups is 1. The van der Waals surface area contributed by atoms with Crippen LogP contribution in [0.25, 0.3) is 0 Å². The number of aliphatic hydroxyl groups excluding tert-OH is 1. The first-order valence-corrected chi connectivity index (χ1v) is 5.85. The molecule has 0 amide bonds. The standard InChI is InChI=1S/C13H16O5/c1-3-17-13(15)11(14)9-6-8-4-5-18-12(8)10(7-9)16-2/h6-7,11,14H,3-5H2,1-2H3. The Morgan fingerprint density at radius 3 is 3.00 bits per heavy atom. The Morgan fingerprint density at radius 2 is 2.33 bits per heavy atom. The van der Waals surface area contributed by atoms with Crippen LogP contribution in [0.2, 0.25) is 0 Å². The maximum absolute atomic E-state index is 11.5. The van der Waals surface area contributed by atoms with Crippen molar-refractivity contribution in [1.82, 2.24) is 0 Å². The van der Waals surface area contributed by atoms with Gasteiger partial charge in [-0.05, 0) is 24.6 Å². The third kappa shape index (κ3) is 2.26. The van der Waals surface area contributed by atoms with Crippen LogP contribution in [0.4, 0.5) is 0 Å². The highest BCUT2D eigenvalue weighted by molar-refractivity contribution is 5.77. The van der Waals surface area contributed by atoms with Crippen molar-refractivity contribution in [2.75, 3.05) is 20.3 Å². The van der Waals surface area contributed by atoms with Gasteiger partial charge in [0.05, 0.1) is 20.3 Å². The summed E-state index contributed by atoms with van der Waals surface area (Å²) in [5.74, 6) is 0.569. The van der Waals surface area contributed by atoms with Gasteiger partial charge in [0.15, 0.2) is 17.6 Å². The average molecular weight is 252 g/mol. The molecule has 0 saturated heterocycles. The van der Waals surface area contributed by atoms with E-state index in [-0.39, 0.29) is 6.61 Å². The van der Waals surface area contributed by atoms with Crippen molar-refractivity contribution < 1.29 is 24.1 Å². The first-order chi connectivity index (χ1) is 8.67. The Hall–Kier alpha value is -1.75. The van der Waals surface area contributed by atoms with Gasteiger partial charge in [0, 0.05) is 12.0 Å². The maximum atomic E-state index is 11.5. The number of hydrogen-bond acceptors (Lipinski definition) is 5. The Morgan fingerprint density at radius 1 is 1.56 bits per heavy atom. The van der Waals surface area contributed by atoms with Gasteiger partial charge in [-0.25, -0.2) is 4.79 Å². The molecule has 0 spiro atoms. The van der Waals surface area contributed by atoms with Gasteiger partial charge in [-0.15, -0.1) is 0 Å². The Labute approximate surface area is 105 Å². The molecular weight excluding hydrogens is 236 g/mol. The maximum Gasteiger partial charge on any atom is 0.339 e. The van der Waals surface area contributed by atoms with E-state index in [1.54, 1.807) is 19.1 Å². The first kappa shape index (κ1) is 12.7. The number of benzene rings is 1. The molecule has 18 heavy (non-hydrogen) atoms. The second-order valence-corrected chi connectivity index (χ2v) is 3.96. The highest BCUT2D eigenvalue weighted by Gasteiger charge is 2.24. The van der Waals surface area contributed by atoms with Gasteiger partial charge in [-0.3, -0.25) is 0 Å². The van der Waals surface area contributed by atoms with Gasteiger partial charge in [0.25, 0.3) is 0 Å². The molecule has 0 aromatic heterocycles. The molecule has 1 N–H and O–H groups in total. The molecule has 5 nitrogen and oxygen atoms in total. The average Bonchev–Trinajstić information content (AvgIpc) is 2.85. The van der Waals surface area contributed by atoms with Crippen LogP contribution in [0.1, 0.15) is 24.2 Å². The number of methoxy groups -OCH3 is 1. The van der Waals surface area contributed by atoms with Crippen molar-refractivity contribution in [3.63, 3.8) is 0 Å². The van der Waals surface area contributed by atoms with Gasteiger partial charge in [0.2, 0.25) is 0 Å². The summed E-state index contributed by atoms with van der Waals surface area (Å²) in [4.78, 5) is 11.5. The van der Waals surface area contributed by atoms with E-state index in [1.807, 2.05) is 0 Å². The third-order valence-corrected chi connectivity index (χ3v) is 2.82. The van der Waals surface area contributed by atoms with E-state index in [0.29, 0.717) is 23.7 Å². The van der Waals surface area contributed by atoms with Crippen molar-refractivity contribution in [1.29, 1.82) is 0 Å². The van der Waals surface area contributed by atoms with E-state index in [1.165, 1.54) is 7.11 Å². The Balaban J connectivity index is 2.31. The molecule has 98 valence electrons. The van der Waals surface area contributed by atoms with Crippen molar-refractivity contribution in [3.8, 4) is 11.5 Å². The summed E-state index contributed by atoms with van der Waals surface area (Å²) in [5, 5.41) is 9.90. The summed E-state index contributed by atoms with van der Waals surface area (Å²) in [5.41, 5.74) is 1.40. The van der Waals surface area contributed by atoms with E-state index >= 15 is 0 Å². The summed E-state index contributed by atoms with van der Waals surface area (Å²) in [6, 6.07) is 3.36. The van der Waals surface area contributed by atoms with Crippen molar-refractivity contribution >= 4 is 5.97 Å². The smallest absolute Gasteiger partial charge is 0.339 e. The second kappa shape index (κ2) is 5.27. The van der Waals surface area contributed by atoms with Crippen LogP contribution >= 0.6 is 0 Å². The van der Waals surface area contributed by atoms with E-state index in [2.05, 4.69) is 0 Å². The predicted octanol–water partition coefficient (Wildman–Crippen LogP) is 1.23. The lowest BCUT2D eigenvalue weighted by Gasteiger charge is -2.13. The minimum Gasteiger partial charge on any atom is -0.493 e. The van der Waals surface area contributed by atoms with Crippen LogP contribution in [0.3, 0.4) is 0 Å². The van der Waals surface area contributed by atoms with Crippen molar-refractivity contribution in [3.05, 3.63) is 23.3 Å².